The lowest BCUT2D eigenvalue weighted by molar-refractivity contribution is 0.0523. The zero-order valence-corrected chi connectivity index (χ0v) is 12.2. The summed E-state index contributed by atoms with van der Waals surface area (Å²) in [6.07, 6.45) is 1.77. The molecule has 4 heteroatoms. The molecule has 0 radical (unpaired) electrons. The van der Waals surface area contributed by atoms with Gasteiger partial charge in [-0.15, -0.1) is 0 Å². The summed E-state index contributed by atoms with van der Waals surface area (Å²) in [5.41, 5.74) is 1.95. The first-order valence-electron chi connectivity index (χ1n) is 7.09. The number of ketones is 1. The highest BCUT2D eigenvalue weighted by atomic mass is 16.5. The number of esters is 1. The summed E-state index contributed by atoms with van der Waals surface area (Å²) in [7, 11) is 0. The Morgan fingerprint density at radius 3 is 2.50 bits per heavy atom. The molecule has 0 fully saturated rings. The Morgan fingerprint density at radius 2 is 1.77 bits per heavy atom. The van der Waals surface area contributed by atoms with Crippen molar-refractivity contribution < 1.29 is 14.3 Å². The molecule has 0 saturated carbocycles. The molecular weight excluding hydrogens is 278 g/mol. The number of hydrogen-bond donors (Lipinski definition) is 0. The van der Waals surface area contributed by atoms with Crippen LogP contribution in [0.2, 0.25) is 0 Å². The molecule has 0 aliphatic rings. The number of aromatic nitrogens is 1. The van der Waals surface area contributed by atoms with Crippen LogP contribution in [0.25, 0.3) is 5.52 Å². The van der Waals surface area contributed by atoms with Crippen molar-refractivity contribution in [2.24, 2.45) is 0 Å². The van der Waals surface area contributed by atoms with Gasteiger partial charge in [-0.25, -0.2) is 4.79 Å². The van der Waals surface area contributed by atoms with E-state index in [2.05, 4.69) is 0 Å². The molecule has 0 unspecified atom stereocenters. The van der Waals surface area contributed by atoms with Crippen molar-refractivity contribution in [3.8, 4) is 0 Å². The van der Waals surface area contributed by atoms with E-state index in [4.69, 9.17) is 4.74 Å². The summed E-state index contributed by atoms with van der Waals surface area (Å²) in [6, 6.07) is 16.1. The van der Waals surface area contributed by atoms with E-state index in [1.54, 1.807) is 47.9 Å². The van der Waals surface area contributed by atoms with Crippen LogP contribution < -0.4 is 0 Å². The second kappa shape index (κ2) is 5.85. The summed E-state index contributed by atoms with van der Waals surface area (Å²) >= 11 is 0. The maximum atomic E-state index is 12.8. The molecule has 3 rings (SSSR count). The third-order valence-electron chi connectivity index (χ3n) is 3.43. The lowest BCUT2D eigenvalue weighted by Gasteiger charge is -2.06. The molecule has 3 aromatic rings. The molecule has 2 heterocycles. The number of hydrogen-bond acceptors (Lipinski definition) is 3. The Hall–Kier alpha value is -2.88. The van der Waals surface area contributed by atoms with E-state index in [0.29, 0.717) is 16.8 Å². The number of nitrogens with zero attached hydrogens (tertiary/aromatic N) is 1. The third-order valence-corrected chi connectivity index (χ3v) is 3.43. The summed E-state index contributed by atoms with van der Waals surface area (Å²) < 4.78 is 6.80. The van der Waals surface area contributed by atoms with Gasteiger partial charge in [-0.3, -0.25) is 4.79 Å². The second-order valence-corrected chi connectivity index (χ2v) is 4.82. The molecule has 22 heavy (non-hydrogen) atoms. The Labute approximate surface area is 128 Å². The number of ether oxygens (including phenoxy) is 1. The number of rotatable bonds is 4. The van der Waals surface area contributed by atoms with Gasteiger partial charge in [-0.05, 0) is 25.1 Å². The Bertz CT molecular complexity index is 834. The van der Waals surface area contributed by atoms with Crippen molar-refractivity contribution in [1.82, 2.24) is 4.40 Å². The van der Waals surface area contributed by atoms with Crippen molar-refractivity contribution in [2.75, 3.05) is 6.61 Å². The van der Waals surface area contributed by atoms with Crippen LogP contribution in [0.15, 0.2) is 60.8 Å². The topological polar surface area (TPSA) is 47.8 Å². The molecule has 0 bridgehead atoms. The number of pyridine rings is 1. The smallest absolute Gasteiger partial charge is 0.340 e. The zero-order valence-electron chi connectivity index (χ0n) is 12.2. The molecule has 110 valence electrons. The van der Waals surface area contributed by atoms with Crippen molar-refractivity contribution in [3.63, 3.8) is 0 Å². The first-order chi connectivity index (χ1) is 10.7. The van der Waals surface area contributed by atoms with E-state index in [1.807, 2.05) is 24.3 Å². The van der Waals surface area contributed by atoms with Gasteiger partial charge < -0.3 is 9.14 Å². The van der Waals surface area contributed by atoms with Crippen LogP contribution in [-0.2, 0) is 4.74 Å². The first-order valence-corrected chi connectivity index (χ1v) is 7.09. The monoisotopic (exact) mass is 293 g/mol. The largest absolute Gasteiger partial charge is 0.462 e. The molecule has 0 amide bonds. The highest BCUT2D eigenvalue weighted by molar-refractivity contribution is 6.14. The fourth-order valence-electron chi connectivity index (χ4n) is 2.45. The van der Waals surface area contributed by atoms with Crippen LogP contribution in [-0.4, -0.2) is 22.8 Å². The van der Waals surface area contributed by atoms with Gasteiger partial charge in [0.1, 0.15) is 5.69 Å². The van der Waals surface area contributed by atoms with Gasteiger partial charge in [-0.2, -0.15) is 0 Å². The number of fused-ring (bicyclic) bond motifs is 1. The van der Waals surface area contributed by atoms with E-state index in [9.17, 15) is 9.59 Å². The van der Waals surface area contributed by atoms with Gasteiger partial charge in [0.2, 0.25) is 5.78 Å². The van der Waals surface area contributed by atoms with Crippen molar-refractivity contribution >= 4 is 17.3 Å². The fraction of sp³-hybridized carbons (Fsp3) is 0.111. The lowest BCUT2D eigenvalue weighted by atomic mass is 10.1. The molecule has 2 aromatic heterocycles. The summed E-state index contributed by atoms with van der Waals surface area (Å²) in [4.78, 5) is 25.0. The van der Waals surface area contributed by atoms with E-state index < -0.39 is 5.97 Å². The Balaban J connectivity index is 2.20. The Morgan fingerprint density at radius 1 is 1.05 bits per heavy atom. The fourth-order valence-corrected chi connectivity index (χ4v) is 2.45. The van der Waals surface area contributed by atoms with E-state index >= 15 is 0 Å². The van der Waals surface area contributed by atoms with Crippen molar-refractivity contribution in [1.29, 1.82) is 0 Å². The SMILES string of the molecule is CCOC(=O)c1cc2ccccn2c1C(=O)c1ccccc1. The standard InChI is InChI=1S/C18H15NO3/c1-2-22-18(21)15-12-14-10-6-7-11-19(14)16(15)17(20)13-8-4-3-5-9-13/h3-12H,2H2,1H3. The van der Waals surface area contributed by atoms with Crippen LogP contribution in [0.1, 0.15) is 33.3 Å². The Kier molecular flexibility index (Phi) is 3.74. The highest BCUT2D eigenvalue weighted by Crippen LogP contribution is 2.21. The maximum absolute atomic E-state index is 12.8. The van der Waals surface area contributed by atoms with E-state index in [-0.39, 0.29) is 12.4 Å². The average Bonchev–Trinajstić information content (AvgIpc) is 2.95. The molecule has 4 nitrogen and oxygen atoms in total. The molecule has 0 aliphatic carbocycles. The molecule has 0 spiro atoms. The molecular formula is C18H15NO3. The van der Waals surface area contributed by atoms with Crippen molar-refractivity contribution in [2.45, 2.75) is 6.92 Å². The lowest BCUT2D eigenvalue weighted by Crippen LogP contribution is -2.13. The predicted molar refractivity (Wildman–Crippen MR) is 83.2 cm³/mol. The minimum absolute atomic E-state index is 0.199. The van der Waals surface area contributed by atoms with Gasteiger partial charge >= 0.3 is 5.97 Å². The van der Waals surface area contributed by atoms with Crippen LogP contribution in [0.3, 0.4) is 0 Å². The molecule has 0 atom stereocenters. The molecule has 1 aromatic carbocycles. The van der Waals surface area contributed by atoms with Gasteiger partial charge in [0.15, 0.2) is 0 Å². The zero-order chi connectivity index (χ0) is 15.5. The van der Waals surface area contributed by atoms with Crippen molar-refractivity contribution in [3.05, 3.63) is 77.6 Å². The molecule has 0 aliphatic heterocycles. The van der Waals surface area contributed by atoms with Crippen LogP contribution in [0.4, 0.5) is 0 Å². The van der Waals surface area contributed by atoms with Crippen LogP contribution in [0, 0.1) is 0 Å². The minimum atomic E-state index is -0.481. The van der Waals surface area contributed by atoms with E-state index in [0.717, 1.165) is 5.52 Å². The molecule has 0 N–H and O–H groups in total. The maximum Gasteiger partial charge on any atom is 0.340 e. The summed E-state index contributed by atoms with van der Waals surface area (Å²) in [5.74, 6) is -0.680. The quantitative estimate of drug-likeness (QED) is 0.547. The second-order valence-electron chi connectivity index (χ2n) is 4.82. The summed E-state index contributed by atoms with van der Waals surface area (Å²) in [5, 5.41) is 0. The predicted octanol–water partition coefficient (Wildman–Crippen LogP) is 3.35. The third kappa shape index (κ3) is 2.39. The first kappa shape index (κ1) is 14.1. The number of carbonyl (C=O) groups excluding carboxylic acids is 2. The molecule has 0 saturated heterocycles. The normalized spacial score (nSPS) is 10.6. The van der Waals surface area contributed by atoms with E-state index in [1.165, 1.54) is 0 Å². The van der Waals surface area contributed by atoms with Gasteiger partial charge in [0.05, 0.1) is 12.2 Å². The summed E-state index contributed by atoms with van der Waals surface area (Å²) in [6.45, 7) is 2.01. The average molecular weight is 293 g/mol. The van der Waals surface area contributed by atoms with Gasteiger partial charge in [0.25, 0.3) is 0 Å². The highest BCUT2D eigenvalue weighted by Gasteiger charge is 2.24. The van der Waals surface area contributed by atoms with Crippen LogP contribution >= 0.6 is 0 Å². The van der Waals surface area contributed by atoms with Crippen LogP contribution in [0.5, 0.6) is 0 Å². The van der Waals surface area contributed by atoms with Gasteiger partial charge in [-0.1, -0.05) is 36.4 Å². The minimum Gasteiger partial charge on any atom is -0.462 e. The number of carbonyl (C=O) groups is 2. The number of benzene rings is 1. The van der Waals surface area contributed by atoms with Gasteiger partial charge in [0, 0.05) is 17.3 Å².